The van der Waals surface area contributed by atoms with Crippen LogP contribution in [0.4, 0.5) is 0 Å². The van der Waals surface area contributed by atoms with E-state index in [0.29, 0.717) is 43.8 Å². The highest BCUT2D eigenvalue weighted by Gasteiger charge is 2.24. The van der Waals surface area contributed by atoms with Crippen molar-refractivity contribution in [1.29, 1.82) is 0 Å². The predicted octanol–water partition coefficient (Wildman–Crippen LogP) is 5.50. The van der Waals surface area contributed by atoms with Crippen molar-refractivity contribution in [1.82, 2.24) is 4.90 Å². The SMILES string of the molecule is COc1cc(OC)c2c(=O)cc(-c3ccc(Cl)cc3Cl)oc2c1C1=CCN(C)CC1. The fraction of sp³-hybridized carbons (Fsp3) is 0.261. The molecule has 4 rings (SSSR count). The monoisotopic (exact) mass is 445 g/mol. The van der Waals surface area contributed by atoms with Crippen LogP contribution < -0.4 is 14.9 Å². The Hall–Kier alpha value is -2.47. The van der Waals surface area contributed by atoms with Crippen molar-refractivity contribution in [2.45, 2.75) is 6.42 Å². The Morgan fingerprint density at radius 3 is 2.47 bits per heavy atom. The lowest BCUT2D eigenvalue weighted by atomic mass is 9.95. The summed E-state index contributed by atoms with van der Waals surface area (Å²) in [4.78, 5) is 15.4. The molecule has 0 amide bonds. The molecule has 156 valence electrons. The Morgan fingerprint density at radius 2 is 1.83 bits per heavy atom. The van der Waals surface area contributed by atoms with Gasteiger partial charge in [-0.15, -0.1) is 0 Å². The number of methoxy groups -OCH3 is 2. The van der Waals surface area contributed by atoms with E-state index in [2.05, 4.69) is 18.0 Å². The molecule has 0 spiro atoms. The third-order valence-electron chi connectivity index (χ3n) is 5.30. The summed E-state index contributed by atoms with van der Waals surface area (Å²) in [5, 5.41) is 1.29. The molecule has 0 atom stereocenters. The van der Waals surface area contributed by atoms with Crippen molar-refractivity contribution in [2.75, 3.05) is 34.4 Å². The van der Waals surface area contributed by atoms with Crippen molar-refractivity contribution < 1.29 is 13.9 Å². The summed E-state index contributed by atoms with van der Waals surface area (Å²) in [5.74, 6) is 1.36. The second-order valence-corrected chi connectivity index (χ2v) is 8.04. The Morgan fingerprint density at radius 1 is 1.07 bits per heavy atom. The molecule has 2 heterocycles. The van der Waals surface area contributed by atoms with Crippen LogP contribution in [0.3, 0.4) is 0 Å². The lowest BCUT2D eigenvalue weighted by Crippen LogP contribution is -2.24. The van der Waals surface area contributed by atoms with Gasteiger partial charge in [-0.2, -0.15) is 0 Å². The van der Waals surface area contributed by atoms with Crippen LogP contribution in [0.1, 0.15) is 12.0 Å². The molecule has 1 aromatic heterocycles. The molecule has 0 unspecified atom stereocenters. The van der Waals surface area contributed by atoms with Gasteiger partial charge in [-0.25, -0.2) is 0 Å². The van der Waals surface area contributed by atoms with Gasteiger partial charge < -0.3 is 18.8 Å². The molecule has 1 aliphatic heterocycles. The molecule has 3 aromatic rings. The number of ether oxygens (including phenoxy) is 2. The van der Waals surface area contributed by atoms with Gasteiger partial charge in [0.2, 0.25) is 0 Å². The van der Waals surface area contributed by atoms with E-state index in [9.17, 15) is 4.79 Å². The molecule has 0 bridgehead atoms. The Kier molecular flexibility index (Phi) is 5.78. The Balaban J connectivity index is 2.06. The van der Waals surface area contributed by atoms with E-state index in [1.54, 1.807) is 31.4 Å². The highest BCUT2D eigenvalue weighted by molar-refractivity contribution is 6.36. The maximum absolute atomic E-state index is 13.1. The second kappa shape index (κ2) is 8.34. The standard InChI is InChI=1S/C23H21Cl2NO4/c1-26-8-6-13(7-9-26)21-19(28-2)12-20(29-3)22-17(27)11-18(30-23(21)22)15-5-4-14(24)10-16(15)25/h4-6,10-12H,7-9H2,1-3H3. The predicted molar refractivity (Wildman–Crippen MR) is 121 cm³/mol. The van der Waals surface area contributed by atoms with Gasteiger partial charge in [0.05, 0.1) is 24.8 Å². The summed E-state index contributed by atoms with van der Waals surface area (Å²) < 4.78 is 17.4. The number of hydrogen-bond acceptors (Lipinski definition) is 5. The minimum Gasteiger partial charge on any atom is -0.496 e. The molecule has 7 heteroatoms. The van der Waals surface area contributed by atoms with E-state index in [4.69, 9.17) is 37.1 Å². The number of halogens is 2. The van der Waals surface area contributed by atoms with Crippen molar-refractivity contribution >= 4 is 39.7 Å². The van der Waals surface area contributed by atoms with Crippen LogP contribution in [0.25, 0.3) is 27.9 Å². The van der Waals surface area contributed by atoms with Crippen molar-refractivity contribution in [2.24, 2.45) is 0 Å². The molecule has 0 radical (unpaired) electrons. The van der Waals surface area contributed by atoms with Crippen LogP contribution in [-0.2, 0) is 0 Å². The summed E-state index contributed by atoms with van der Waals surface area (Å²) >= 11 is 12.4. The number of hydrogen-bond donors (Lipinski definition) is 0. The Labute approximate surface area is 184 Å². The first kappa shape index (κ1) is 20.8. The fourth-order valence-corrected chi connectivity index (χ4v) is 4.23. The van der Waals surface area contributed by atoms with E-state index < -0.39 is 0 Å². The number of nitrogens with zero attached hydrogens (tertiary/aromatic N) is 1. The molecular weight excluding hydrogens is 425 g/mol. The van der Waals surface area contributed by atoms with E-state index in [0.717, 1.165) is 30.6 Å². The first-order valence-electron chi connectivity index (χ1n) is 9.49. The zero-order chi connectivity index (χ0) is 21.4. The minimum absolute atomic E-state index is 0.216. The van der Waals surface area contributed by atoms with Crippen LogP contribution in [0.2, 0.25) is 10.0 Å². The minimum atomic E-state index is -0.216. The third kappa shape index (κ3) is 3.69. The summed E-state index contributed by atoms with van der Waals surface area (Å²) in [6.45, 7) is 1.70. The highest BCUT2D eigenvalue weighted by Crippen LogP contribution is 2.42. The quantitative estimate of drug-likeness (QED) is 0.530. The molecule has 0 saturated heterocycles. The van der Waals surface area contributed by atoms with Crippen LogP contribution >= 0.6 is 23.2 Å². The van der Waals surface area contributed by atoms with E-state index >= 15 is 0 Å². The van der Waals surface area contributed by atoms with E-state index in [1.807, 2.05) is 0 Å². The van der Waals surface area contributed by atoms with Gasteiger partial charge in [0.15, 0.2) is 11.0 Å². The van der Waals surface area contributed by atoms with Gasteiger partial charge in [0.1, 0.15) is 22.6 Å². The topological polar surface area (TPSA) is 51.9 Å². The molecule has 0 N–H and O–H groups in total. The van der Waals surface area contributed by atoms with Crippen LogP contribution in [0, 0.1) is 0 Å². The first-order valence-corrected chi connectivity index (χ1v) is 10.2. The smallest absolute Gasteiger partial charge is 0.197 e. The molecule has 1 aliphatic rings. The van der Waals surface area contributed by atoms with Gasteiger partial charge in [-0.05, 0) is 37.2 Å². The zero-order valence-corrected chi connectivity index (χ0v) is 18.4. The van der Waals surface area contributed by atoms with Gasteiger partial charge >= 0.3 is 0 Å². The third-order valence-corrected chi connectivity index (χ3v) is 5.85. The van der Waals surface area contributed by atoms with E-state index in [1.165, 1.54) is 13.2 Å². The number of rotatable bonds is 4. The number of likely N-dealkylation sites (N-methyl/N-ethyl adjacent to an activating group) is 1. The average molecular weight is 446 g/mol. The summed E-state index contributed by atoms with van der Waals surface area (Å²) in [7, 11) is 5.18. The van der Waals surface area contributed by atoms with Gasteiger partial charge in [0, 0.05) is 35.8 Å². The molecule has 0 saturated carbocycles. The summed E-state index contributed by atoms with van der Waals surface area (Å²) in [5.41, 5.74) is 2.64. The lowest BCUT2D eigenvalue weighted by Gasteiger charge is -2.24. The maximum atomic E-state index is 13.1. The summed E-state index contributed by atoms with van der Waals surface area (Å²) in [6, 6.07) is 8.23. The van der Waals surface area contributed by atoms with Crippen LogP contribution in [0.15, 0.2) is 45.6 Å². The summed E-state index contributed by atoms with van der Waals surface area (Å²) in [6.07, 6.45) is 2.94. The van der Waals surface area contributed by atoms with Crippen LogP contribution in [-0.4, -0.2) is 39.3 Å². The molecule has 30 heavy (non-hydrogen) atoms. The zero-order valence-electron chi connectivity index (χ0n) is 16.9. The molecular formula is C23H21Cl2NO4. The largest absolute Gasteiger partial charge is 0.496 e. The highest BCUT2D eigenvalue weighted by atomic mass is 35.5. The average Bonchev–Trinajstić information content (AvgIpc) is 2.73. The van der Waals surface area contributed by atoms with Gasteiger partial charge in [-0.1, -0.05) is 29.3 Å². The normalized spacial score (nSPS) is 14.6. The molecule has 5 nitrogen and oxygen atoms in total. The van der Waals surface area contributed by atoms with Crippen LogP contribution in [0.5, 0.6) is 11.5 Å². The molecule has 0 aliphatic carbocycles. The number of benzene rings is 2. The van der Waals surface area contributed by atoms with Gasteiger partial charge in [0.25, 0.3) is 0 Å². The van der Waals surface area contributed by atoms with Gasteiger partial charge in [-0.3, -0.25) is 4.79 Å². The molecule has 2 aromatic carbocycles. The second-order valence-electron chi connectivity index (χ2n) is 7.20. The first-order chi connectivity index (χ1) is 14.4. The number of fused-ring (bicyclic) bond motifs is 1. The fourth-order valence-electron chi connectivity index (χ4n) is 3.72. The van der Waals surface area contributed by atoms with Crippen molar-refractivity contribution in [3.63, 3.8) is 0 Å². The van der Waals surface area contributed by atoms with Crippen molar-refractivity contribution in [3.05, 3.63) is 62.2 Å². The van der Waals surface area contributed by atoms with E-state index in [-0.39, 0.29) is 5.43 Å². The lowest BCUT2D eigenvalue weighted by molar-refractivity contribution is 0.368. The maximum Gasteiger partial charge on any atom is 0.197 e. The molecule has 0 fully saturated rings. The van der Waals surface area contributed by atoms with Crippen molar-refractivity contribution in [3.8, 4) is 22.8 Å². The Bertz CT molecular complexity index is 1220.